The smallest absolute Gasteiger partial charge is 0.357 e. The van der Waals surface area contributed by atoms with Crippen molar-refractivity contribution in [3.8, 4) is 17.2 Å². The van der Waals surface area contributed by atoms with Crippen LogP contribution in [0.25, 0.3) is 22.2 Å². The number of hydrogen-bond donors (Lipinski definition) is 2. The molecule has 2 N–H and O–H groups in total. The van der Waals surface area contributed by atoms with Crippen LogP contribution in [0, 0.1) is 22.6 Å². The summed E-state index contributed by atoms with van der Waals surface area (Å²) in [6, 6.07) is 7.36. The van der Waals surface area contributed by atoms with E-state index in [2.05, 4.69) is 10.2 Å². The Kier molecular flexibility index (Phi) is 3.83. The number of halogens is 1. The van der Waals surface area contributed by atoms with E-state index in [1.807, 2.05) is 6.07 Å². The molecule has 0 aliphatic carbocycles. The number of H-pyrrole nitrogens is 1. The maximum absolute atomic E-state index is 13.6. The zero-order valence-corrected chi connectivity index (χ0v) is 12.5. The fourth-order valence-corrected chi connectivity index (χ4v) is 2.41. The number of hydrogen-bond acceptors (Lipinski definition) is 6. The minimum atomic E-state index is -0.686. The van der Waals surface area contributed by atoms with Crippen LogP contribution >= 0.6 is 0 Å². The van der Waals surface area contributed by atoms with E-state index in [0.717, 1.165) is 0 Å². The van der Waals surface area contributed by atoms with Crippen molar-refractivity contribution < 1.29 is 18.3 Å². The predicted molar refractivity (Wildman–Crippen MR) is 80.3 cm³/mol. The van der Waals surface area contributed by atoms with Crippen LogP contribution in [0.3, 0.4) is 0 Å². The summed E-state index contributed by atoms with van der Waals surface area (Å²) in [5.41, 5.74) is -0.0910. The SMILES string of the molecule is CCOC(=O)c1[nH]nc2oc(=N)c(C#N)c(-c3cccc(F)c3)c12. The van der Waals surface area contributed by atoms with Gasteiger partial charge in [0.05, 0.1) is 12.0 Å². The number of rotatable bonds is 3. The van der Waals surface area contributed by atoms with Crippen LogP contribution < -0.4 is 5.55 Å². The zero-order valence-electron chi connectivity index (χ0n) is 12.5. The van der Waals surface area contributed by atoms with E-state index in [9.17, 15) is 14.4 Å². The second-order valence-corrected chi connectivity index (χ2v) is 4.80. The maximum Gasteiger partial charge on any atom is 0.357 e. The molecule has 7 nitrogen and oxygen atoms in total. The van der Waals surface area contributed by atoms with Gasteiger partial charge < -0.3 is 9.15 Å². The molecule has 0 amide bonds. The lowest BCUT2D eigenvalue weighted by molar-refractivity contribution is 0.0521. The third-order valence-electron chi connectivity index (χ3n) is 3.36. The molecule has 0 saturated carbocycles. The van der Waals surface area contributed by atoms with Crippen LogP contribution in [0.4, 0.5) is 4.39 Å². The highest BCUT2D eigenvalue weighted by Crippen LogP contribution is 2.32. The van der Waals surface area contributed by atoms with Crippen LogP contribution in [-0.4, -0.2) is 22.8 Å². The number of benzene rings is 1. The predicted octanol–water partition coefficient (Wildman–Crippen LogP) is 2.49. The van der Waals surface area contributed by atoms with E-state index in [-0.39, 0.29) is 34.5 Å². The topological polar surface area (TPSA) is 116 Å². The van der Waals surface area contributed by atoms with Gasteiger partial charge in [0, 0.05) is 5.56 Å². The number of esters is 1. The first-order chi connectivity index (χ1) is 11.6. The molecule has 120 valence electrons. The average molecular weight is 326 g/mol. The number of carbonyl (C=O) groups is 1. The first-order valence-electron chi connectivity index (χ1n) is 6.99. The Morgan fingerprint density at radius 2 is 2.33 bits per heavy atom. The van der Waals surface area contributed by atoms with Crippen molar-refractivity contribution in [2.24, 2.45) is 0 Å². The van der Waals surface area contributed by atoms with Crippen molar-refractivity contribution in [3.05, 3.63) is 46.9 Å². The highest BCUT2D eigenvalue weighted by molar-refractivity contribution is 6.07. The Morgan fingerprint density at radius 3 is 3.00 bits per heavy atom. The van der Waals surface area contributed by atoms with Crippen LogP contribution in [0.1, 0.15) is 23.0 Å². The summed E-state index contributed by atoms with van der Waals surface area (Å²) in [6.07, 6.45) is 0. The molecule has 0 atom stereocenters. The van der Waals surface area contributed by atoms with Crippen molar-refractivity contribution in [2.45, 2.75) is 6.92 Å². The number of nitrogens with one attached hydrogen (secondary N) is 2. The maximum atomic E-state index is 13.6. The Bertz CT molecular complexity index is 1050. The second kappa shape index (κ2) is 5.96. The molecule has 24 heavy (non-hydrogen) atoms. The molecule has 1 aromatic carbocycles. The molecular weight excluding hydrogens is 315 g/mol. The number of fused-ring (bicyclic) bond motifs is 1. The number of nitriles is 1. The molecule has 0 unspecified atom stereocenters. The number of aromatic amines is 1. The molecule has 2 heterocycles. The monoisotopic (exact) mass is 326 g/mol. The first kappa shape index (κ1) is 15.4. The van der Waals surface area contributed by atoms with Gasteiger partial charge in [-0.25, -0.2) is 9.18 Å². The number of aromatic nitrogens is 2. The fourth-order valence-electron chi connectivity index (χ4n) is 2.41. The molecule has 0 bridgehead atoms. The van der Waals surface area contributed by atoms with Gasteiger partial charge in [0.15, 0.2) is 5.69 Å². The number of ether oxygens (including phenoxy) is 1. The van der Waals surface area contributed by atoms with Gasteiger partial charge in [-0.2, -0.15) is 5.26 Å². The van der Waals surface area contributed by atoms with E-state index in [1.165, 1.54) is 18.2 Å². The molecular formula is C16H11FN4O3. The lowest BCUT2D eigenvalue weighted by Crippen LogP contribution is -2.09. The third kappa shape index (κ3) is 2.42. The minimum Gasteiger partial charge on any atom is -0.461 e. The lowest BCUT2D eigenvalue weighted by Gasteiger charge is -2.07. The Labute approximate surface area is 134 Å². The van der Waals surface area contributed by atoms with Crippen LogP contribution in [0.15, 0.2) is 28.7 Å². The van der Waals surface area contributed by atoms with Crippen molar-refractivity contribution in [3.63, 3.8) is 0 Å². The summed E-state index contributed by atoms with van der Waals surface area (Å²) in [4.78, 5) is 12.1. The molecule has 8 heteroatoms. The summed E-state index contributed by atoms with van der Waals surface area (Å²) >= 11 is 0. The molecule has 0 fully saturated rings. The molecule has 0 aliphatic heterocycles. The average Bonchev–Trinajstić information content (AvgIpc) is 2.97. The van der Waals surface area contributed by atoms with Gasteiger partial charge in [-0.3, -0.25) is 10.5 Å². The standard InChI is InChI=1S/C16H11FN4O3/c1-2-23-16(22)13-12-11(8-4-3-5-9(17)6-8)10(7-18)14(19)24-15(12)21-20-13/h3-6,19H,2H2,1H3,(H,20,21). The molecule has 3 rings (SSSR count). The van der Waals surface area contributed by atoms with E-state index in [1.54, 1.807) is 13.0 Å². The quantitative estimate of drug-likeness (QED) is 0.717. The van der Waals surface area contributed by atoms with Gasteiger partial charge in [0.2, 0.25) is 11.3 Å². The Balaban J connectivity index is 2.44. The normalized spacial score (nSPS) is 10.5. The highest BCUT2D eigenvalue weighted by atomic mass is 19.1. The number of carbonyl (C=O) groups excluding carboxylic acids is 1. The van der Waals surface area contributed by atoms with E-state index >= 15 is 0 Å². The molecule has 0 aliphatic rings. The molecule has 0 saturated heterocycles. The van der Waals surface area contributed by atoms with Gasteiger partial charge in [0.25, 0.3) is 0 Å². The summed E-state index contributed by atoms with van der Waals surface area (Å²) in [5.74, 6) is -1.20. The van der Waals surface area contributed by atoms with Gasteiger partial charge >= 0.3 is 5.97 Å². The minimum absolute atomic E-state index is 0.0219. The van der Waals surface area contributed by atoms with E-state index in [4.69, 9.17) is 14.6 Å². The van der Waals surface area contributed by atoms with Crippen molar-refractivity contribution in [1.29, 1.82) is 10.7 Å². The Hall–Kier alpha value is -3.47. The highest BCUT2D eigenvalue weighted by Gasteiger charge is 2.24. The van der Waals surface area contributed by atoms with E-state index in [0.29, 0.717) is 5.56 Å². The van der Waals surface area contributed by atoms with Crippen molar-refractivity contribution >= 4 is 17.1 Å². The first-order valence-corrected chi connectivity index (χ1v) is 6.99. The van der Waals surface area contributed by atoms with Gasteiger partial charge in [-0.1, -0.05) is 12.1 Å². The summed E-state index contributed by atoms with van der Waals surface area (Å²) in [6.45, 7) is 1.80. The molecule has 0 spiro atoms. The molecule has 0 radical (unpaired) electrons. The van der Waals surface area contributed by atoms with Crippen LogP contribution in [-0.2, 0) is 4.74 Å². The van der Waals surface area contributed by atoms with Crippen LogP contribution in [0.5, 0.6) is 0 Å². The molecule has 2 aromatic heterocycles. The van der Waals surface area contributed by atoms with Gasteiger partial charge in [-0.05, 0) is 24.6 Å². The summed E-state index contributed by atoms with van der Waals surface area (Å²) in [7, 11) is 0. The second-order valence-electron chi connectivity index (χ2n) is 4.80. The largest absolute Gasteiger partial charge is 0.461 e. The van der Waals surface area contributed by atoms with Crippen molar-refractivity contribution in [1.82, 2.24) is 10.2 Å². The zero-order chi connectivity index (χ0) is 17.3. The summed E-state index contributed by atoms with van der Waals surface area (Å²) in [5, 5.41) is 23.8. The van der Waals surface area contributed by atoms with E-state index < -0.39 is 17.3 Å². The Morgan fingerprint density at radius 1 is 1.54 bits per heavy atom. The lowest BCUT2D eigenvalue weighted by atomic mass is 9.98. The fraction of sp³-hybridized carbons (Fsp3) is 0.125. The number of nitrogens with zero attached hydrogens (tertiary/aromatic N) is 2. The van der Waals surface area contributed by atoms with Gasteiger partial charge in [0.1, 0.15) is 17.4 Å². The van der Waals surface area contributed by atoms with Crippen molar-refractivity contribution in [2.75, 3.05) is 6.61 Å². The summed E-state index contributed by atoms with van der Waals surface area (Å²) < 4.78 is 23.8. The van der Waals surface area contributed by atoms with Gasteiger partial charge in [-0.15, -0.1) is 5.10 Å². The van der Waals surface area contributed by atoms with Crippen LogP contribution in [0.2, 0.25) is 0 Å². The molecule has 3 aromatic rings. The third-order valence-corrected chi connectivity index (χ3v) is 3.36.